The molecule has 1 heterocycles. The van der Waals surface area contributed by atoms with Crippen molar-refractivity contribution in [1.82, 2.24) is 5.32 Å². The quantitative estimate of drug-likeness (QED) is 0.319. The smallest absolute Gasteiger partial charge is 0.336 e. The van der Waals surface area contributed by atoms with Gasteiger partial charge in [0.2, 0.25) is 0 Å². The predicted octanol–water partition coefficient (Wildman–Crippen LogP) is 2.90. The van der Waals surface area contributed by atoms with Crippen LogP contribution in [0.2, 0.25) is 0 Å². The van der Waals surface area contributed by atoms with Crippen LogP contribution in [0.5, 0.6) is 11.5 Å². The van der Waals surface area contributed by atoms with Gasteiger partial charge in [0.15, 0.2) is 5.78 Å². The van der Waals surface area contributed by atoms with Crippen molar-refractivity contribution in [3.63, 3.8) is 0 Å². The van der Waals surface area contributed by atoms with Gasteiger partial charge in [0.25, 0.3) is 0 Å². The molecule has 1 aromatic rings. The second-order valence-corrected chi connectivity index (χ2v) is 8.48. The average Bonchev–Trinajstić information content (AvgIpc) is 2.84. The third kappa shape index (κ3) is 5.19. The Morgan fingerprint density at radius 1 is 1.11 bits per heavy atom. The first-order valence-corrected chi connectivity index (χ1v) is 11.6. The zero-order valence-corrected chi connectivity index (χ0v) is 21.1. The highest BCUT2D eigenvalue weighted by molar-refractivity contribution is 6.12. The molecule has 9 heteroatoms. The third-order valence-corrected chi connectivity index (χ3v) is 6.38. The van der Waals surface area contributed by atoms with Crippen LogP contribution in [0.1, 0.15) is 38.7 Å². The van der Waals surface area contributed by atoms with Gasteiger partial charge in [-0.25, -0.2) is 4.79 Å². The highest BCUT2D eigenvalue weighted by Crippen LogP contribution is 2.48. The molecule has 0 fully saturated rings. The number of carbonyl (C=O) groups is 3. The molecular weight excluding hydrogens is 454 g/mol. The molecule has 3 unspecified atom stereocenters. The molecule has 0 radical (unpaired) electrons. The van der Waals surface area contributed by atoms with Gasteiger partial charge in [-0.2, -0.15) is 0 Å². The highest BCUT2D eigenvalue weighted by atomic mass is 16.6. The number of ketones is 1. The minimum atomic E-state index is -0.971. The lowest BCUT2D eigenvalue weighted by atomic mass is 9.69. The first-order valence-electron chi connectivity index (χ1n) is 11.6. The zero-order valence-electron chi connectivity index (χ0n) is 21.1. The first-order chi connectivity index (χ1) is 16.8. The lowest BCUT2D eigenvalue weighted by Crippen LogP contribution is -2.43. The molecule has 9 nitrogen and oxygen atoms in total. The van der Waals surface area contributed by atoms with Crippen molar-refractivity contribution in [2.75, 3.05) is 41.2 Å². The molecule has 1 aliphatic carbocycles. The number of allylic oxidation sites excluding steroid dienone is 3. The van der Waals surface area contributed by atoms with E-state index >= 15 is 0 Å². The minimum Gasteiger partial charge on any atom is -0.497 e. The maximum absolute atomic E-state index is 13.8. The van der Waals surface area contributed by atoms with Crippen molar-refractivity contribution < 1.29 is 38.1 Å². The standard InChI is InChI=1S/C26H33NO8/c1-7-34-10-11-35-26(30)21-15(3)27-18-12-14(2)20(25(29)33-6)24(28)23(18)22(21)17-9-8-16(31-4)13-19(17)32-5/h8-9,13-14,20,22,27H,7,10-12H2,1-6H3. The maximum atomic E-state index is 13.8. The van der Waals surface area contributed by atoms with Crippen LogP contribution in [0, 0.1) is 11.8 Å². The Balaban J connectivity index is 2.15. The van der Waals surface area contributed by atoms with E-state index in [9.17, 15) is 14.4 Å². The number of ether oxygens (including phenoxy) is 5. The molecule has 190 valence electrons. The van der Waals surface area contributed by atoms with Crippen molar-refractivity contribution >= 4 is 17.7 Å². The van der Waals surface area contributed by atoms with Gasteiger partial charge in [-0.05, 0) is 32.3 Å². The molecule has 3 rings (SSSR count). The van der Waals surface area contributed by atoms with Crippen molar-refractivity contribution in [2.45, 2.75) is 33.1 Å². The largest absolute Gasteiger partial charge is 0.497 e. The highest BCUT2D eigenvalue weighted by Gasteiger charge is 2.47. The first kappa shape index (κ1) is 26.3. The number of esters is 2. The number of methoxy groups -OCH3 is 3. The topological polar surface area (TPSA) is 109 Å². The summed E-state index contributed by atoms with van der Waals surface area (Å²) in [7, 11) is 4.31. The summed E-state index contributed by atoms with van der Waals surface area (Å²) >= 11 is 0. The molecule has 0 spiro atoms. The molecule has 1 aromatic carbocycles. The summed E-state index contributed by atoms with van der Waals surface area (Å²) in [4.78, 5) is 39.7. The summed E-state index contributed by atoms with van der Waals surface area (Å²) in [5, 5.41) is 3.24. The Kier molecular flexibility index (Phi) is 8.56. The number of nitrogens with one attached hydrogen (secondary N) is 1. The van der Waals surface area contributed by atoms with Crippen LogP contribution in [0.4, 0.5) is 0 Å². The summed E-state index contributed by atoms with van der Waals surface area (Å²) in [5.41, 5.74) is 2.45. The van der Waals surface area contributed by atoms with Crippen LogP contribution in [0.25, 0.3) is 0 Å². The van der Waals surface area contributed by atoms with E-state index in [4.69, 9.17) is 23.7 Å². The van der Waals surface area contributed by atoms with Gasteiger partial charge in [0.05, 0.1) is 39.4 Å². The second-order valence-electron chi connectivity index (χ2n) is 8.48. The van der Waals surface area contributed by atoms with Crippen LogP contribution in [-0.2, 0) is 28.6 Å². The van der Waals surface area contributed by atoms with Gasteiger partial charge in [0.1, 0.15) is 24.0 Å². The van der Waals surface area contributed by atoms with Crippen LogP contribution < -0.4 is 14.8 Å². The summed E-state index contributed by atoms with van der Waals surface area (Å²) in [6.45, 7) is 6.29. The van der Waals surface area contributed by atoms with Gasteiger partial charge in [-0.3, -0.25) is 9.59 Å². The average molecular weight is 488 g/mol. The molecular formula is C26H33NO8. The summed E-state index contributed by atoms with van der Waals surface area (Å²) in [6, 6.07) is 5.19. The van der Waals surface area contributed by atoms with Gasteiger partial charge >= 0.3 is 11.9 Å². The van der Waals surface area contributed by atoms with Crippen LogP contribution in [0.3, 0.4) is 0 Å². The molecule has 35 heavy (non-hydrogen) atoms. The molecule has 0 bridgehead atoms. The molecule has 3 atom stereocenters. The Morgan fingerprint density at radius 2 is 1.86 bits per heavy atom. The van der Waals surface area contributed by atoms with Gasteiger partial charge < -0.3 is 29.0 Å². The van der Waals surface area contributed by atoms with E-state index in [-0.39, 0.29) is 30.5 Å². The number of rotatable bonds is 9. The van der Waals surface area contributed by atoms with Crippen molar-refractivity contribution in [2.24, 2.45) is 11.8 Å². The number of hydrogen-bond acceptors (Lipinski definition) is 9. The van der Waals surface area contributed by atoms with Crippen LogP contribution in [-0.4, -0.2) is 58.9 Å². The van der Waals surface area contributed by atoms with E-state index in [1.54, 1.807) is 25.1 Å². The minimum absolute atomic E-state index is 0.0671. The Hall–Kier alpha value is -3.33. The lowest BCUT2D eigenvalue weighted by molar-refractivity contribution is -0.151. The Morgan fingerprint density at radius 3 is 2.49 bits per heavy atom. The second kappa shape index (κ2) is 11.4. The van der Waals surface area contributed by atoms with Gasteiger partial charge in [-0.15, -0.1) is 0 Å². The molecule has 0 saturated heterocycles. The fourth-order valence-corrected chi connectivity index (χ4v) is 4.73. The summed E-state index contributed by atoms with van der Waals surface area (Å²) in [5.74, 6) is -2.60. The summed E-state index contributed by atoms with van der Waals surface area (Å²) in [6.07, 6.45) is 0.444. The molecule has 2 aliphatic rings. The zero-order chi connectivity index (χ0) is 25.7. The molecule has 0 aromatic heterocycles. The van der Waals surface area contributed by atoms with Crippen LogP contribution in [0.15, 0.2) is 40.7 Å². The van der Waals surface area contributed by atoms with E-state index < -0.39 is 23.8 Å². The van der Waals surface area contributed by atoms with Crippen molar-refractivity contribution in [3.8, 4) is 11.5 Å². The molecule has 0 saturated carbocycles. The third-order valence-electron chi connectivity index (χ3n) is 6.38. The van der Waals surface area contributed by atoms with Crippen molar-refractivity contribution in [1.29, 1.82) is 0 Å². The number of Topliss-reactive ketones (excluding diaryl/α,β-unsaturated/α-hetero) is 1. The number of carbonyl (C=O) groups excluding carboxylic acids is 3. The Bertz CT molecular complexity index is 1060. The van der Waals surface area contributed by atoms with Gasteiger partial charge in [-0.1, -0.05) is 13.0 Å². The monoisotopic (exact) mass is 487 g/mol. The molecule has 1 N–H and O–H groups in total. The lowest BCUT2D eigenvalue weighted by Gasteiger charge is -2.38. The molecule has 0 amide bonds. The van der Waals surface area contributed by atoms with E-state index in [0.29, 0.717) is 47.1 Å². The maximum Gasteiger partial charge on any atom is 0.336 e. The summed E-state index contributed by atoms with van der Waals surface area (Å²) < 4.78 is 26.7. The SMILES string of the molecule is CCOCCOC(=O)C1=C(C)NC2=C(C(=O)C(C(=O)OC)C(C)C2)C1c1ccc(OC)cc1OC. The van der Waals surface area contributed by atoms with Gasteiger partial charge in [0, 0.05) is 35.2 Å². The normalized spacial score (nSPS) is 21.8. The van der Waals surface area contributed by atoms with E-state index in [0.717, 1.165) is 0 Å². The number of hydrogen-bond donors (Lipinski definition) is 1. The molecule has 1 aliphatic heterocycles. The van der Waals surface area contributed by atoms with E-state index in [1.807, 2.05) is 13.8 Å². The van der Waals surface area contributed by atoms with Crippen molar-refractivity contribution in [3.05, 3.63) is 46.3 Å². The van der Waals surface area contributed by atoms with E-state index in [1.165, 1.54) is 21.3 Å². The predicted molar refractivity (Wildman–Crippen MR) is 127 cm³/mol. The fourth-order valence-electron chi connectivity index (χ4n) is 4.73. The van der Waals surface area contributed by atoms with E-state index in [2.05, 4.69) is 5.32 Å². The number of benzene rings is 1. The Labute approximate surface area is 205 Å². The fraction of sp³-hybridized carbons (Fsp3) is 0.500. The number of dihydropyridines is 1. The van der Waals surface area contributed by atoms with Crippen LogP contribution >= 0.6 is 0 Å².